The van der Waals surface area contributed by atoms with Crippen molar-refractivity contribution in [1.29, 1.82) is 0 Å². The predicted octanol–water partition coefficient (Wildman–Crippen LogP) is 4.05. The average molecular weight is 397 g/mol. The highest BCUT2D eigenvalue weighted by Crippen LogP contribution is 2.47. The van der Waals surface area contributed by atoms with Crippen LogP contribution in [0, 0.1) is 36.0 Å². The number of allylic oxidation sites excluding steroid dienone is 2. The number of alkyl halides is 1. The fourth-order valence-corrected chi connectivity index (χ4v) is 4.62. The predicted molar refractivity (Wildman–Crippen MR) is 107 cm³/mol. The van der Waals surface area contributed by atoms with Crippen molar-refractivity contribution in [2.45, 2.75) is 46.2 Å². The Kier molecular flexibility index (Phi) is 7.10. The van der Waals surface area contributed by atoms with Crippen LogP contribution in [0.3, 0.4) is 0 Å². The topological polar surface area (TPSA) is 41.9 Å². The number of rotatable bonds is 7. The van der Waals surface area contributed by atoms with Crippen molar-refractivity contribution in [3.63, 3.8) is 0 Å². The fourth-order valence-electron chi connectivity index (χ4n) is 4.26. The molecule has 2 atom stereocenters. The second kappa shape index (κ2) is 8.75. The monoisotopic (exact) mass is 396 g/mol. The van der Waals surface area contributed by atoms with Crippen molar-refractivity contribution in [3.05, 3.63) is 11.1 Å². The lowest BCUT2D eigenvalue weighted by Gasteiger charge is -2.53. The van der Waals surface area contributed by atoms with E-state index in [1.807, 2.05) is 13.8 Å². The van der Waals surface area contributed by atoms with Crippen LogP contribution in [0.25, 0.3) is 0 Å². The number of fused-ring (bicyclic) bond motifs is 2. The maximum absolute atomic E-state index is 14.5. The lowest BCUT2D eigenvalue weighted by molar-refractivity contribution is -0.147. The van der Waals surface area contributed by atoms with Gasteiger partial charge in [-0.05, 0) is 43.9 Å². The summed E-state index contributed by atoms with van der Waals surface area (Å²) in [5, 5.41) is 0.286. The Morgan fingerprint density at radius 3 is 2.44 bits per heavy atom. The molecule has 2 saturated heterocycles. The number of terminal acetylenes is 1. The molecule has 2 unspecified atom stereocenters. The van der Waals surface area contributed by atoms with Gasteiger partial charge in [-0.3, -0.25) is 14.7 Å². The molecule has 0 aromatic carbocycles. The van der Waals surface area contributed by atoms with Gasteiger partial charge in [0.15, 0.2) is 0 Å². The highest BCUT2D eigenvalue weighted by Gasteiger charge is 2.47. The molecule has 3 fully saturated rings. The second-order valence-corrected chi connectivity index (χ2v) is 8.74. The van der Waals surface area contributed by atoms with E-state index in [0.717, 1.165) is 19.5 Å². The van der Waals surface area contributed by atoms with Gasteiger partial charge in [-0.25, -0.2) is 4.39 Å². The number of ether oxygens (including phenoxy) is 1. The number of aliphatic imine (C=N–C) groups is 1. The van der Waals surface area contributed by atoms with E-state index in [0.29, 0.717) is 36.4 Å². The van der Waals surface area contributed by atoms with E-state index in [1.54, 1.807) is 0 Å². The van der Waals surface area contributed by atoms with Crippen molar-refractivity contribution < 1.29 is 13.9 Å². The third-order valence-corrected chi connectivity index (χ3v) is 5.97. The van der Waals surface area contributed by atoms with Crippen LogP contribution in [0.4, 0.5) is 4.39 Å². The number of halogens is 2. The van der Waals surface area contributed by atoms with Crippen LogP contribution in [-0.2, 0) is 9.53 Å². The lowest BCUT2D eigenvalue weighted by Crippen LogP contribution is -2.55. The first-order valence-electron chi connectivity index (χ1n) is 9.48. The second-order valence-electron chi connectivity index (χ2n) is 8.39. The van der Waals surface area contributed by atoms with Gasteiger partial charge in [0.1, 0.15) is 10.8 Å². The number of carbonyl (C=O) groups is 1. The van der Waals surface area contributed by atoms with E-state index in [-0.39, 0.29) is 22.6 Å². The third-order valence-electron chi connectivity index (χ3n) is 5.65. The number of methoxy groups -OCH3 is 1. The number of nitrogens with zero attached hydrogens (tertiary/aromatic N) is 2. The van der Waals surface area contributed by atoms with E-state index in [1.165, 1.54) is 21.0 Å². The molecular formula is C21H30ClFN2O2. The van der Waals surface area contributed by atoms with Crippen LogP contribution in [0.2, 0.25) is 0 Å². The number of hydrogen-bond acceptors (Lipinski definition) is 4. The van der Waals surface area contributed by atoms with Gasteiger partial charge in [0, 0.05) is 30.7 Å². The Morgan fingerprint density at radius 1 is 1.41 bits per heavy atom. The minimum absolute atomic E-state index is 0.0264. The Labute approximate surface area is 167 Å². The maximum atomic E-state index is 14.5. The molecule has 6 heteroatoms. The van der Waals surface area contributed by atoms with Crippen molar-refractivity contribution >= 4 is 22.7 Å². The van der Waals surface area contributed by atoms with Crippen molar-refractivity contribution in [3.8, 4) is 12.3 Å². The Balaban J connectivity index is 2.05. The van der Waals surface area contributed by atoms with Gasteiger partial charge in [-0.15, -0.1) is 6.42 Å². The molecule has 0 radical (unpaired) electrons. The quantitative estimate of drug-likeness (QED) is 0.370. The summed E-state index contributed by atoms with van der Waals surface area (Å²) in [5.74, 6) is 3.73. The normalized spacial score (nSPS) is 26.9. The van der Waals surface area contributed by atoms with Gasteiger partial charge in [0.05, 0.1) is 13.8 Å². The molecule has 1 saturated carbocycles. The first-order chi connectivity index (χ1) is 12.6. The zero-order chi connectivity index (χ0) is 20.4. The van der Waals surface area contributed by atoms with E-state index >= 15 is 0 Å². The standard InChI is InChI=1S/C21H30ClFN2O2/c1-7-17(21(4,5)23)19(13(2)3)20(22)24-12-25-10-14-8-15(11-25)16(14)9-18(26)27-6/h1,13-16H,8-12H2,2-6H3/b19-17+,24-20?. The first-order valence-corrected chi connectivity index (χ1v) is 9.85. The van der Waals surface area contributed by atoms with Gasteiger partial charge in [-0.2, -0.15) is 0 Å². The summed E-state index contributed by atoms with van der Waals surface area (Å²) in [7, 11) is 1.43. The van der Waals surface area contributed by atoms with E-state index in [4.69, 9.17) is 22.8 Å². The zero-order valence-electron chi connectivity index (χ0n) is 16.9. The molecule has 3 rings (SSSR count). The first kappa shape index (κ1) is 21.9. The SMILES string of the molecule is C#C/C(=C(\C(Cl)=NCN1CC2CC(C1)C2CC(=O)OC)C(C)C)C(C)(C)F. The molecule has 0 spiro atoms. The van der Waals surface area contributed by atoms with Crippen LogP contribution in [0.15, 0.2) is 16.1 Å². The molecule has 2 aliphatic heterocycles. The van der Waals surface area contributed by atoms with Gasteiger partial charge in [0.25, 0.3) is 0 Å². The number of hydrogen-bond donors (Lipinski definition) is 0. The number of carbonyl (C=O) groups excluding carboxylic acids is 1. The van der Waals surface area contributed by atoms with Crippen LogP contribution >= 0.6 is 11.6 Å². The molecule has 0 aromatic heterocycles. The van der Waals surface area contributed by atoms with Crippen LogP contribution < -0.4 is 0 Å². The fraction of sp³-hybridized carbons (Fsp3) is 0.714. The summed E-state index contributed by atoms with van der Waals surface area (Å²) in [6, 6.07) is 0. The molecule has 0 aromatic rings. The van der Waals surface area contributed by atoms with Crippen LogP contribution in [0.1, 0.15) is 40.5 Å². The van der Waals surface area contributed by atoms with Gasteiger partial charge >= 0.3 is 5.97 Å². The van der Waals surface area contributed by atoms with Crippen molar-refractivity contribution in [2.75, 3.05) is 26.9 Å². The highest BCUT2D eigenvalue weighted by molar-refractivity contribution is 6.69. The van der Waals surface area contributed by atoms with Gasteiger partial charge in [-0.1, -0.05) is 31.4 Å². The molecule has 2 bridgehead atoms. The van der Waals surface area contributed by atoms with E-state index in [9.17, 15) is 9.18 Å². The molecule has 1 aliphatic carbocycles. The van der Waals surface area contributed by atoms with E-state index < -0.39 is 5.67 Å². The van der Waals surface area contributed by atoms with Gasteiger partial charge < -0.3 is 4.74 Å². The number of piperidine rings is 2. The van der Waals surface area contributed by atoms with E-state index in [2.05, 4.69) is 15.8 Å². The third kappa shape index (κ3) is 5.12. The van der Waals surface area contributed by atoms with Crippen molar-refractivity contribution in [2.24, 2.45) is 28.7 Å². The minimum atomic E-state index is -1.64. The molecule has 27 heavy (non-hydrogen) atoms. The summed E-state index contributed by atoms with van der Waals surface area (Å²) in [4.78, 5) is 18.3. The number of esters is 1. The molecule has 4 nitrogen and oxygen atoms in total. The smallest absolute Gasteiger partial charge is 0.305 e. The Morgan fingerprint density at radius 2 is 2.00 bits per heavy atom. The molecule has 0 amide bonds. The largest absolute Gasteiger partial charge is 0.469 e. The maximum Gasteiger partial charge on any atom is 0.305 e. The molecular weight excluding hydrogens is 367 g/mol. The molecule has 2 heterocycles. The lowest BCUT2D eigenvalue weighted by atomic mass is 9.60. The summed E-state index contributed by atoms with van der Waals surface area (Å²) < 4.78 is 19.3. The zero-order valence-corrected chi connectivity index (χ0v) is 17.6. The van der Waals surface area contributed by atoms with Crippen LogP contribution in [-0.4, -0.2) is 48.6 Å². The van der Waals surface area contributed by atoms with Crippen molar-refractivity contribution in [1.82, 2.24) is 4.90 Å². The molecule has 3 aliphatic rings. The summed E-state index contributed by atoms with van der Waals surface area (Å²) in [5.41, 5.74) is -0.791. The van der Waals surface area contributed by atoms with Gasteiger partial charge in [0.2, 0.25) is 0 Å². The molecule has 0 N–H and O–H groups in total. The van der Waals surface area contributed by atoms with Crippen LogP contribution in [0.5, 0.6) is 0 Å². The Bertz CT molecular complexity index is 661. The molecule has 150 valence electrons. The Hall–Kier alpha value is -1.38. The highest BCUT2D eigenvalue weighted by atomic mass is 35.5. The summed E-state index contributed by atoms with van der Waals surface area (Å²) in [6.45, 7) is 8.99. The minimum Gasteiger partial charge on any atom is -0.469 e. The summed E-state index contributed by atoms with van der Waals surface area (Å²) >= 11 is 6.45. The average Bonchev–Trinajstić information content (AvgIpc) is 2.60. The summed E-state index contributed by atoms with van der Waals surface area (Å²) in [6.07, 6.45) is 7.21.